The monoisotopic (exact) mass is 370 g/mol. The third kappa shape index (κ3) is 3.95. The van der Waals surface area contributed by atoms with Gasteiger partial charge in [0.2, 0.25) is 12.1 Å². The standard InChI is InChI=1S/C21H22O6/c1-23-19-17(22)21(24-12-14-8-4-2-5-9-14)26-16-13-25-20(27-18(16)19)15-10-6-3-7-11-15/h2-11,16,18-21H,12-13H2,1H3/t16?,18-,19-,20?,21-/m1/s1. The van der Waals surface area contributed by atoms with Crippen LogP contribution in [0.3, 0.4) is 0 Å². The zero-order valence-electron chi connectivity index (χ0n) is 15.0. The Bertz CT molecular complexity index is 750. The summed E-state index contributed by atoms with van der Waals surface area (Å²) >= 11 is 0. The minimum absolute atomic E-state index is 0.275. The van der Waals surface area contributed by atoms with Gasteiger partial charge in [0.25, 0.3) is 0 Å². The van der Waals surface area contributed by atoms with E-state index in [0.717, 1.165) is 11.1 Å². The molecule has 0 aromatic heterocycles. The number of ether oxygens (including phenoxy) is 5. The molecule has 0 radical (unpaired) electrons. The zero-order chi connectivity index (χ0) is 18.6. The van der Waals surface area contributed by atoms with E-state index in [2.05, 4.69) is 0 Å². The number of carbonyl (C=O) groups excluding carboxylic acids is 1. The number of hydrogen-bond acceptors (Lipinski definition) is 6. The molecule has 2 aromatic carbocycles. The summed E-state index contributed by atoms with van der Waals surface area (Å²) in [5, 5.41) is 0. The molecule has 4 rings (SSSR count). The third-order valence-electron chi connectivity index (χ3n) is 4.74. The number of hydrogen-bond donors (Lipinski definition) is 0. The smallest absolute Gasteiger partial charge is 0.221 e. The fourth-order valence-corrected chi connectivity index (χ4v) is 3.35. The lowest BCUT2D eigenvalue weighted by Crippen LogP contribution is -2.60. The molecular weight excluding hydrogens is 348 g/mol. The highest BCUT2D eigenvalue weighted by atomic mass is 16.8. The average molecular weight is 370 g/mol. The third-order valence-corrected chi connectivity index (χ3v) is 4.74. The van der Waals surface area contributed by atoms with Gasteiger partial charge in [0.15, 0.2) is 6.29 Å². The number of fused-ring (bicyclic) bond motifs is 1. The van der Waals surface area contributed by atoms with E-state index in [0.29, 0.717) is 6.61 Å². The van der Waals surface area contributed by atoms with E-state index in [1.54, 1.807) is 0 Å². The van der Waals surface area contributed by atoms with Crippen molar-refractivity contribution >= 4 is 5.78 Å². The fourth-order valence-electron chi connectivity index (χ4n) is 3.35. The Morgan fingerprint density at radius 3 is 2.41 bits per heavy atom. The molecule has 2 fully saturated rings. The fraction of sp³-hybridized carbons (Fsp3) is 0.381. The number of benzene rings is 2. The van der Waals surface area contributed by atoms with Crippen LogP contribution in [0.2, 0.25) is 0 Å². The molecule has 0 spiro atoms. The Morgan fingerprint density at radius 1 is 1.00 bits per heavy atom. The zero-order valence-corrected chi connectivity index (χ0v) is 15.0. The molecule has 2 aliphatic rings. The van der Waals surface area contributed by atoms with E-state index in [1.807, 2.05) is 60.7 Å². The number of methoxy groups -OCH3 is 1. The first-order chi connectivity index (χ1) is 13.3. The quantitative estimate of drug-likeness (QED) is 0.806. The van der Waals surface area contributed by atoms with Gasteiger partial charge in [-0.2, -0.15) is 0 Å². The van der Waals surface area contributed by atoms with E-state index in [-0.39, 0.29) is 12.4 Å². The molecule has 6 heteroatoms. The summed E-state index contributed by atoms with van der Waals surface area (Å²) in [6, 6.07) is 19.2. The molecule has 2 heterocycles. The Balaban J connectivity index is 1.44. The molecule has 0 amide bonds. The molecule has 2 unspecified atom stereocenters. The van der Waals surface area contributed by atoms with E-state index >= 15 is 0 Å². The minimum Gasteiger partial charge on any atom is -0.371 e. The predicted molar refractivity (Wildman–Crippen MR) is 95.7 cm³/mol. The lowest BCUT2D eigenvalue weighted by atomic mass is 9.99. The first-order valence-corrected chi connectivity index (χ1v) is 8.96. The highest BCUT2D eigenvalue weighted by molar-refractivity contribution is 5.87. The molecule has 5 atom stereocenters. The van der Waals surface area contributed by atoms with Crippen LogP contribution in [0, 0.1) is 0 Å². The molecule has 0 bridgehead atoms. The molecule has 2 aromatic rings. The van der Waals surface area contributed by atoms with Gasteiger partial charge in [-0.3, -0.25) is 4.79 Å². The Morgan fingerprint density at radius 2 is 1.70 bits per heavy atom. The second-order valence-electron chi connectivity index (χ2n) is 6.54. The van der Waals surface area contributed by atoms with Crippen molar-refractivity contribution in [2.75, 3.05) is 13.7 Å². The van der Waals surface area contributed by atoms with Gasteiger partial charge in [-0.1, -0.05) is 60.7 Å². The van der Waals surface area contributed by atoms with Crippen LogP contribution in [0.15, 0.2) is 60.7 Å². The van der Waals surface area contributed by atoms with Crippen molar-refractivity contribution in [1.82, 2.24) is 0 Å². The maximum Gasteiger partial charge on any atom is 0.221 e. The number of carbonyl (C=O) groups is 1. The van der Waals surface area contributed by atoms with Crippen LogP contribution in [0.4, 0.5) is 0 Å². The van der Waals surface area contributed by atoms with Gasteiger partial charge in [0.05, 0.1) is 13.2 Å². The summed E-state index contributed by atoms with van der Waals surface area (Å²) in [5.74, 6) is -0.275. The predicted octanol–water partition coefficient (Wildman–Crippen LogP) is 2.63. The van der Waals surface area contributed by atoms with Crippen LogP contribution in [0.1, 0.15) is 17.4 Å². The topological polar surface area (TPSA) is 63.2 Å². The second kappa shape index (κ2) is 8.29. The van der Waals surface area contributed by atoms with E-state index in [4.69, 9.17) is 23.7 Å². The average Bonchev–Trinajstić information content (AvgIpc) is 2.73. The largest absolute Gasteiger partial charge is 0.371 e. The number of rotatable bonds is 5. The molecule has 0 N–H and O–H groups in total. The lowest BCUT2D eigenvalue weighted by molar-refractivity contribution is -0.322. The van der Waals surface area contributed by atoms with E-state index in [9.17, 15) is 4.79 Å². The van der Waals surface area contributed by atoms with Crippen LogP contribution in [0.25, 0.3) is 0 Å². The van der Waals surface area contributed by atoms with Crippen LogP contribution in [0.5, 0.6) is 0 Å². The SMILES string of the molecule is CO[C@@H]1C(=O)[C@H](OCc2ccccc2)OC2COC(c3ccccc3)O[C@H]21. The molecule has 0 aliphatic carbocycles. The maximum atomic E-state index is 12.8. The summed E-state index contributed by atoms with van der Waals surface area (Å²) in [5.41, 5.74) is 1.85. The summed E-state index contributed by atoms with van der Waals surface area (Å²) in [6.45, 7) is 0.571. The molecule has 142 valence electrons. The van der Waals surface area contributed by atoms with Gasteiger partial charge < -0.3 is 23.7 Å². The van der Waals surface area contributed by atoms with Crippen molar-refractivity contribution in [3.05, 3.63) is 71.8 Å². The molecule has 0 saturated carbocycles. The second-order valence-corrected chi connectivity index (χ2v) is 6.54. The Labute approximate surface area is 157 Å². The van der Waals surface area contributed by atoms with Gasteiger partial charge in [-0.25, -0.2) is 0 Å². The van der Waals surface area contributed by atoms with Crippen LogP contribution >= 0.6 is 0 Å². The highest BCUT2D eigenvalue weighted by Crippen LogP contribution is 2.34. The van der Waals surface area contributed by atoms with Crippen LogP contribution < -0.4 is 0 Å². The summed E-state index contributed by atoms with van der Waals surface area (Å²) in [6.07, 6.45) is -3.30. The number of Topliss-reactive ketones (excluding diaryl/α,β-unsaturated/α-hetero) is 1. The van der Waals surface area contributed by atoms with Crippen molar-refractivity contribution in [3.63, 3.8) is 0 Å². The lowest BCUT2D eigenvalue weighted by Gasteiger charge is -2.44. The van der Waals surface area contributed by atoms with Crippen LogP contribution in [-0.2, 0) is 35.1 Å². The van der Waals surface area contributed by atoms with Gasteiger partial charge >= 0.3 is 0 Å². The highest BCUT2D eigenvalue weighted by Gasteiger charge is 2.50. The maximum absolute atomic E-state index is 12.8. The van der Waals surface area contributed by atoms with Gasteiger partial charge in [-0.05, 0) is 5.56 Å². The van der Waals surface area contributed by atoms with E-state index in [1.165, 1.54) is 7.11 Å². The summed E-state index contributed by atoms with van der Waals surface area (Å²) < 4.78 is 28.8. The van der Waals surface area contributed by atoms with Crippen molar-refractivity contribution < 1.29 is 28.5 Å². The molecule has 2 aliphatic heterocycles. The van der Waals surface area contributed by atoms with E-state index < -0.39 is 30.9 Å². The summed E-state index contributed by atoms with van der Waals surface area (Å²) in [7, 11) is 1.50. The first-order valence-electron chi connectivity index (χ1n) is 8.96. The molecular formula is C21H22O6. The summed E-state index contributed by atoms with van der Waals surface area (Å²) in [4.78, 5) is 12.8. The molecule has 6 nitrogen and oxygen atoms in total. The van der Waals surface area contributed by atoms with Gasteiger partial charge in [0, 0.05) is 12.7 Å². The Kier molecular flexibility index (Phi) is 5.61. The number of ketones is 1. The first kappa shape index (κ1) is 18.3. The van der Waals surface area contributed by atoms with Crippen molar-refractivity contribution in [3.8, 4) is 0 Å². The minimum atomic E-state index is -1.00. The molecule has 2 saturated heterocycles. The van der Waals surface area contributed by atoms with Gasteiger partial charge in [-0.15, -0.1) is 0 Å². The normalized spacial score (nSPS) is 30.7. The van der Waals surface area contributed by atoms with Crippen molar-refractivity contribution in [1.29, 1.82) is 0 Å². The van der Waals surface area contributed by atoms with Crippen molar-refractivity contribution in [2.45, 2.75) is 37.5 Å². The van der Waals surface area contributed by atoms with Crippen molar-refractivity contribution in [2.24, 2.45) is 0 Å². The molecule has 27 heavy (non-hydrogen) atoms. The Hall–Kier alpha value is -2.09. The van der Waals surface area contributed by atoms with Crippen LogP contribution in [-0.4, -0.2) is 44.1 Å². The van der Waals surface area contributed by atoms with Gasteiger partial charge in [0.1, 0.15) is 18.3 Å².